The number of rotatable bonds is 5. The molecule has 112 valence electrons. The van der Waals surface area contributed by atoms with Gasteiger partial charge in [0.1, 0.15) is 5.75 Å². The minimum atomic E-state index is -2.47. The second-order valence-corrected chi connectivity index (χ2v) is 5.47. The van der Waals surface area contributed by atoms with Crippen molar-refractivity contribution in [3.63, 3.8) is 0 Å². The lowest BCUT2D eigenvalue weighted by Gasteiger charge is -2.34. The van der Waals surface area contributed by atoms with Crippen LogP contribution < -0.4 is 10.1 Å². The van der Waals surface area contributed by atoms with Gasteiger partial charge < -0.3 is 10.1 Å². The largest absolute Gasteiger partial charge is 0.494 e. The van der Waals surface area contributed by atoms with Crippen molar-refractivity contribution < 1.29 is 13.5 Å². The molecule has 2 rings (SSSR count). The summed E-state index contributed by atoms with van der Waals surface area (Å²) in [5.41, 5.74) is 1.12. The second-order valence-electron chi connectivity index (χ2n) is 5.47. The van der Waals surface area contributed by atoms with Crippen LogP contribution in [0.3, 0.4) is 0 Å². The number of nitrogens with one attached hydrogen (secondary N) is 1. The highest BCUT2D eigenvalue weighted by atomic mass is 19.3. The van der Waals surface area contributed by atoms with E-state index >= 15 is 0 Å². The number of hydrogen-bond donors (Lipinski definition) is 1. The maximum absolute atomic E-state index is 13.3. The average Bonchev–Trinajstić information content (AvgIpc) is 2.42. The Balaban J connectivity index is 2.10. The van der Waals surface area contributed by atoms with Crippen LogP contribution in [0.2, 0.25) is 0 Å². The van der Waals surface area contributed by atoms with Crippen molar-refractivity contribution in [3.05, 3.63) is 29.8 Å². The van der Waals surface area contributed by atoms with Crippen LogP contribution in [0.4, 0.5) is 8.78 Å². The molecule has 0 aliphatic heterocycles. The van der Waals surface area contributed by atoms with Gasteiger partial charge in [0.05, 0.1) is 6.61 Å². The Morgan fingerprint density at radius 3 is 2.65 bits per heavy atom. The highest BCUT2D eigenvalue weighted by Crippen LogP contribution is 2.41. The lowest BCUT2D eigenvalue weighted by atomic mass is 9.79. The third-order valence-corrected chi connectivity index (χ3v) is 4.07. The van der Waals surface area contributed by atoms with E-state index in [2.05, 4.69) is 5.32 Å². The van der Waals surface area contributed by atoms with Crippen LogP contribution in [0, 0.1) is 5.92 Å². The van der Waals surface area contributed by atoms with Crippen molar-refractivity contribution in [1.82, 2.24) is 5.32 Å². The van der Waals surface area contributed by atoms with E-state index in [1.807, 2.05) is 38.2 Å². The monoisotopic (exact) mass is 283 g/mol. The van der Waals surface area contributed by atoms with Crippen molar-refractivity contribution in [2.45, 2.75) is 44.6 Å². The zero-order valence-electron chi connectivity index (χ0n) is 12.2. The summed E-state index contributed by atoms with van der Waals surface area (Å²) in [6.07, 6.45) is 1.14. The van der Waals surface area contributed by atoms with Crippen LogP contribution in [0.1, 0.15) is 44.2 Å². The van der Waals surface area contributed by atoms with Crippen molar-refractivity contribution in [2.75, 3.05) is 13.7 Å². The second kappa shape index (κ2) is 6.53. The molecule has 1 saturated carbocycles. The maximum atomic E-state index is 13.3. The molecule has 0 aromatic heterocycles. The fourth-order valence-electron chi connectivity index (χ4n) is 3.03. The molecule has 1 aliphatic rings. The molecule has 1 aromatic rings. The first-order valence-corrected chi connectivity index (χ1v) is 7.33. The number of ether oxygens (including phenoxy) is 1. The first kappa shape index (κ1) is 15.2. The van der Waals surface area contributed by atoms with Crippen molar-refractivity contribution in [2.24, 2.45) is 5.92 Å². The Morgan fingerprint density at radius 2 is 2.05 bits per heavy atom. The molecule has 0 heterocycles. The Morgan fingerprint density at radius 1 is 1.35 bits per heavy atom. The lowest BCUT2D eigenvalue weighted by molar-refractivity contribution is -0.0495. The molecular weight excluding hydrogens is 260 g/mol. The molecule has 2 nitrogen and oxygen atoms in total. The van der Waals surface area contributed by atoms with Gasteiger partial charge in [-0.05, 0) is 50.4 Å². The molecule has 4 heteroatoms. The van der Waals surface area contributed by atoms with Gasteiger partial charge in [-0.3, -0.25) is 0 Å². The van der Waals surface area contributed by atoms with Gasteiger partial charge in [-0.25, -0.2) is 8.78 Å². The topological polar surface area (TPSA) is 21.3 Å². The molecule has 1 aromatic carbocycles. The summed E-state index contributed by atoms with van der Waals surface area (Å²) >= 11 is 0. The third-order valence-electron chi connectivity index (χ3n) is 4.07. The van der Waals surface area contributed by atoms with E-state index in [0.717, 1.165) is 11.3 Å². The zero-order chi connectivity index (χ0) is 14.6. The molecule has 1 unspecified atom stereocenters. The highest BCUT2D eigenvalue weighted by molar-refractivity contribution is 5.31. The highest BCUT2D eigenvalue weighted by Gasteiger charge is 2.37. The molecule has 0 amide bonds. The molecule has 1 aliphatic carbocycles. The standard InChI is InChI=1S/C16H23F2NO/c1-3-20-14-6-4-5-13(11-14)15(19-2)12-7-9-16(17,18)10-8-12/h4-6,11-12,15,19H,3,7-10H2,1-2H3. The van der Waals surface area contributed by atoms with Crippen LogP contribution in [0.25, 0.3) is 0 Å². The van der Waals surface area contributed by atoms with Gasteiger partial charge in [0, 0.05) is 18.9 Å². The SMILES string of the molecule is CCOc1cccc(C(NC)C2CCC(F)(F)CC2)c1. The molecule has 1 atom stereocenters. The summed E-state index contributed by atoms with van der Waals surface area (Å²) < 4.78 is 32.1. The van der Waals surface area contributed by atoms with Crippen LogP contribution in [0.5, 0.6) is 5.75 Å². The van der Waals surface area contributed by atoms with Crippen molar-refractivity contribution >= 4 is 0 Å². The van der Waals surface area contributed by atoms with Gasteiger partial charge in [-0.2, -0.15) is 0 Å². The summed E-state index contributed by atoms with van der Waals surface area (Å²) in [5, 5.41) is 3.28. The molecule has 1 N–H and O–H groups in total. The fraction of sp³-hybridized carbons (Fsp3) is 0.625. The molecule has 0 radical (unpaired) electrons. The Hall–Kier alpha value is -1.16. The minimum absolute atomic E-state index is 0.000989. The van der Waals surface area contributed by atoms with E-state index < -0.39 is 5.92 Å². The molecule has 0 bridgehead atoms. The maximum Gasteiger partial charge on any atom is 0.248 e. The summed E-state index contributed by atoms with van der Waals surface area (Å²) in [6, 6.07) is 8.05. The van der Waals surface area contributed by atoms with E-state index in [1.54, 1.807) is 0 Å². The molecule has 20 heavy (non-hydrogen) atoms. The van der Waals surface area contributed by atoms with Crippen LogP contribution in [-0.2, 0) is 0 Å². The predicted octanol–water partition coefficient (Wildman–Crippen LogP) is 4.17. The average molecular weight is 283 g/mol. The Labute approximate surface area is 119 Å². The fourth-order valence-corrected chi connectivity index (χ4v) is 3.03. The summed E-state index contributed by atoms with van der Waals surface area (Å²) in [6.45, 7) is 2.58. The van der Waals surface area contributed by atoms with Gasteiger partial charge in [-0.15, -0.1) is 0 Å². The lowest BCUT2D eigenvalue weighted by Crippen LogP contribution is -2.32. The molecule has 1 fully saturated rings. The first-order chi connectivity index (χ1) is 9.55. The smallest absolute Gasteiger partial charge is 0.248 e. The van der Waals surface area contributed by atoms with Crippen LogP contribution >= 0.6 is 0 Å². The molecule has 0 saturated heterocycles. The van der Waals surface area contributed by atoms with Gasteiger partial charge in [-0.1, -0.05) is 12.1 Å². The number of halogens is 2. The van der Waals surface area contributed by atoms with Gasteiger partial charge in [0.25, 0.3) is 0 Å². The molecule has 0 spiro atoms. The van der Waals surface area contributed by atoms with Gasteiger partial charge in [0.15, 0.2) is 0 Å². The Bertz CT molecular complexity index is 426. The number of alkyl halides is 2. The Kier molecular flexibility index (Phi) is 4.97. The predicted molar refractivity (Wildman–Crippen MR) is 76.3 cm³/mol. The van der Waals surface area contributed by atoms with E-state index in [-0.39, 0.29) is 24.8 Å². The zero-order valence-corrected chi connectivity index (χ0v) is 12.2. The van der Waals surface area contributed by atoms with Crippen LogP contribution in [0.15, 0.2) is 24.3 Å². The van der Waals surface area contributed by atoms with E-state index in [1.165, 1.54) is 0 Å². The molecular formula is C16H23F2NO. The third kappa shape index (κ3) is 3.69. The van der Waals surface area contributed by atoms with Gasteiger partial charge >= 0.3 is 0 Å². The van der Waals surface area contributed by atoms with E-state index in [9.17, 15) is 8.78 Å². The van der Waals surface area contributed by atoms with Crippen molar-refractivity contribution in [1.29, 1.82) is 0 Å². The number of benzene rings is 1. The van der Waals surface area contributed by atoms with Gasteiger partial charge in [0.2, 0.25) is 5.92 Å². The minimum Gasteiger partial charge on any atom is -0.494 e. The summed E-state index contributed by atoms with van der Waals surface area (Å²) in [4.78, 5) is 0. The quantitative estimate of drug-likeness (QED) is 0.875. The van der Waals surface area contributed by atoms with Crippen LogP contribution in [-0.4, -0.2) is 19.6 Å². The number of hydrogen-bond acceptors (Lipinski definition) is 2. The van der Waals surface area contributed by atoms with E-state index in [4.69, 9.17) is 4.74 Å². The van der Waals surface area contributed by atoms with Crippen molar-refractivity contribution in [3.8, 4) is 5.75 Å². The van der Waals surface area contributed by atoms with E-state index in [0.29, 0.717) is 19.4 Å². The summed E-state index contributed by atoms with van der Waals surface area (Å²) in [7, 11) is 1.89. The first-order valence-electron chi connectivity index (χ1n) is 7.33. The summed E-state index contributed by atoms with van der Waals surface area (Å²) in [5.74, 6) is -1.37. The normalized spacial score (nSPS) is 20.6.